The number of benzene rings is 1. The van der Waals surface area contributed by atoms with Crippen LogP contribution in [-0.2, 0) is 0 Å². The molecule has 1 aliphatic rings. The van der Waals surface area contributed by atoms with Crippen molar-refractivity contribution in [1.82, 2.24) is 20.3 Å². The van der Waals surface area contributed by atoms with Gasteiger partial charge in [0, 0.05) is 24.5 Å². The zero-order valence-electron chi connectivity index (χ0n) is 13.5. The quantitative estimate of drug-likeness (QED) is 0.747. The zero-order valence-corrected chi connectivity index (χ0v) is 14.3. The smallest absolute Gasteiger partial charge is 0.165 e. The highest BCUT2D eigenvalue weighted by Crippen LogP contribution is 2.29. The van der Waals surface area contributed by atoms with Crippen molar-refractivity contribution in [3.63, 3.8) is 0 Å². The number of aromatic nitrogens is 3. The molecule has 8 heteroatoms. The Morgan fingerprint density at radius 2 is 2.08 bits per heavy atom. The third-order valence-electron chi connectivity index (χ3n) is 4.33. The SMILES string of the molecule is CNC1CN(c2cc3c(Nc4cccc(Cl)c4F)ncnc3cn2)C1. The van der Waals surface area contributed by atoms with Gasteiger partial charge in [-0.1, -0.05) is 17.7 Å². The highest BCUT2D eigenvalue weighted by atomic mass is 35.5. The van der Waals surface area contributed by atoms with Gasteiger partial charge in [0.2, 0.25) is 0 Å². The largest absolute Gasteiger partial charge is 0.353 e. The minimum absolute atomic E-state index is 0.0596. The number of nitrogens with one attached hydrogen (secondary N) is 2. The molecule has 0 bridgehead atoms. The van der Waals surface area contributed by atoms with Crippen molar-refractivity contribution in [1.29, 1.82) is 0 Å². The van der Waals surface area contributed by atoms with Crippen LogP contribution >= 0.6 is 11.6 Å². The Hall–Kier alpha value is -2.51. The first kappa shape index (κ1) is 16.0. The molecule has 0 unspecified atom stereocenters. The van der Waals surface area contributed by atoms with E-state index in [0.29, 0.717) is 17.4 Å². The second kappa shape index (κ2) is 6.42. The van der Waals surface area contributed by atoms with Crippen LogP contribution in [0.3, 0.4) is 0 Å². The Kier molecular flexibility index (Phi) is 4.10. The third kappa shape index (κ3) is 2.96. The highest BCUT2D eigenvalue weighted by Gasteiger charge is 2.26. The molecule has 1 saturated heterocycles. The Morgan fingerprint density at radius 3 is 2.88 bits per heavy atom. The fourth-order valence-corrected chi connectivity index (χ4v) is 2.97. The summed E-state index contributed by atoms with van der Waals surface area (Å²) in [5.41, 5.74) is 0.958. The van der Waals surface area contributed by atoms with E-state index in [4.69, 9.17) is 11.6 Å². The highest BCUT2D eigenvalue weighted by molar-refractivity contribution is 6.31. The maximum absolute atomic E-state index is 14.2. The molecule has 1 aliphatic heterocycles. The van der Waals surface area contributed by atoms with Gasteiger partial charge >= 0.3 is 0 Å². The third-order valence-corrected chi connectivity index (χ3v) is 4.62. The van der Waals surface area contributed by atoms with E-state index in [-0.39, 0.29) is 10.7 Å². The Labute approximate surface area is 149 Å². The van der Waals surface area contributed by atoms with E-state index < -0.39 is 5.82 Å². The van der Waals surface area contributed by atoms with Crippen LogP contribution in [0.1, 0.15) is 0 Å². The predicted octanol–water partition coefficient (Wildman–Crippen LogP) is 2.97. The van der Waals surface area contributed by atoms with Crippen molar-refractivity contribution in [3.8, 4) is 0 Å². The predicted molar refractivity (Wildman–Crippen MR) is 97.1 cm³/mol. The van der Waals surface area contributed by atoms with Crippen LogP contribution in [0, 0.1) is 5.82 Å². The summed E-state index contributed by atoms with van der Waals surface area (Å²) >= 11 is 5.85. The van der Waals surface area contributed by atoms with Crippen LogP contribution < -0.4 is 15.5 Å². The lowest BCUT2D eigenvalue weighted by atomic mass is 10.1. The molecule has 0 saturated carbocycles. The molecule has 0 amide bonds. The van der Waals surface area contributed by atoms with Gasteiger partial charge < -0.3 is 15.5 Å². The van der Waals surface area contributed by atoms with Gasteiger partial charge in [0.15, 0.2) is 5.82 Å². The standard InChI is InChI=1S/C17H16ClFN6/c1-20-10-7-25(8-10)15-5-11-14(6-21-15)22-9-23-17(11)24-13-4-2-3-12(18)16(13)19/h2-6,9-10,20H,7-8H2,1H3,(H,22,23,24). The van der Waals surface area contributed by atoms with Crippen molar-refractivity contribution in [3.05, 3.63) is 47.6 Å². The number of halogens is 2. The molecule has 3 aromatic rings. The lowest BCUT2D eigenvalue weighted by molar-refractivity contribution is 0.447. The van der Waals surface area contributed by atoms with Gasteiger partial charge in [-0.15, -0.1) is 0 Å². The number of nitrogens with zero attached hydrogens (tertiary/aromatic N) is 4. The van der Waals surface area contributed by atoms with Crippen LogP contribution in [0.25, 0.3) is 10.9 Å². The second-order valence-electron chi connectivity index (χ2n) is 5.90. The van der Waals surface area contributed by atoms with Crippen molar-refractivity contribution < 1.29 is 4.39 Å². The Bertz CT molecular complexity index is 928. The first-order valence-electron chi connectivity index (χ1n) is 7.89. The van der Waals surface area contributed by atoms with E-state index in [1.54, 1.807) is 18.3 Å². The lowest BCUT2D eigenvalue weighted by Crippen LogP contribution is -2.57. The van der Waals surface area contributed by atoms with Crippen LogP contribution in [0.5, 0.6) is 0 Å². The molecule has 3 heterocycles. The summed E-state index contributed by atoms with van der Waals surface area (Å²) < 4.78 is 14.2. The number of rotatable bonds is 4. The molecule has 0 radical (unpaired) electrons. The summed E-state index contributed by atoms with van der Waals surface area (Å²) in [6.07, 6.45) is 3.13. The van der Waals surface area contributed by atoms with Gasteiger partial charge in [-0.2, -0.15) is 0 Å². The molecule has 2 N–H and O–H groups in total. The summed E-state index contributed by atoms with van der Waals surface area (Å²) in [5.74, 6) is 0.855. The van der Waals surface area contributed by atoms with Gasteiger partial charge in [-0.25, -0.2) is 19.3 Å². The van der Waals surface area contributed by atoms with Crippen LogP contribution in [0.4, 0.5) is 21.7 Å². The molecular formula is C17H16ClFN6. The summed E-state index contributed by atoms with van der Waals surface area (Å²) in [6.45, 7) is 1.79. The Balaban J connectivity index is 1.70. The van der Waals surface area contributed by atoms with Crippen molar-refractivity contribution >= 4 is 39.8 Å². The van der Waals surface area contributed by atoms with Crippen LogP contribution in [0.15, 0.2) is 36.8 Å². The van der Waals surface area contributed by atoms with Crippen molar-refractivity contribution in [2.24, 2.45) is 0 Å². The van der Waals surface area contributed by atoms with E-state index in [1.807, 2.05) is 13.1 Å². The normalized spacial score (nSPS) is 14.6. The van der Waals surface area contributed by atoms with E-state index in [2.05, 4.69) is 30.5 Å². The molecule has 6 nitrogen and oxygen atoms in total. The van der Waals surface area contributed by atoms with Crippen LogP contribution in [-0.4, -0.2) is 41.1 Å². The average Bonchev–Trinajstić information content (AvgIpc) is 2.58. The lowest BCUT2D eigenvalue weighted by Gasteiger charge is -2.40. The molecule has 2 aromatic heterocycles. The molecule has 0 atom stereocenters. The number of anilines is 3. The number of likely N-dealkylation sites (N-methyl/N-ethyl adjacent to an activating group) is 1. The van der Waals surface area contributed by atoms with E-state index in [9.17, 15) is 4.39 Å². The maximum atomic E-state index is 14.2. The monoisotopic (exact) mass is 358 g/mol. The topological polar surface area (TPSA) is 66.0 Å². The number of fused-ring (bicyclic) bond motifs is 1. The number of hydrogen-bond donors (Lipinski definition) is 2. The fraction of sp³-hybridized carbons (Fsp3) is 0.235. The minimum Gasteiger partial charge on any atom is -0.353 e. The van der Waals surface area contributed by atoms with Gasteiger partial charge in [0.25, 0.3) is 0 Å². The van der Waals surface area contributed by atoms with E-state index in [0.717, 1.165) is 24.3 Å². The molecular weight excluding hydrogens is 343 g/mol. The molecule has 4 rings (SSSR count). The van der Waals surface area contributed by atoms with Gasteiger partial charge in [-0.3, -0.25) is 0 Å². The number of pyridine rings is 1. The molecule has 1 aromatic carbocycles. The van der Waals surface area contributed by atoms with Crippen molar-refractivity contribution in [2.75, 3.05) is 30.4 Å². The Morgan fingerprint density at radius 1 is 1.24 bits per heavy atom. The molecule has 0 aliphatic carbocycles. The fourth-order valence-electron chi connectivity index (χ4n) is 2.80. The molecule has 0 spiro atoms. The van der Waals surface area contributed by atoms with Gasteiger partial charge in [0.05, 0.1) is 22.4 Å². The summed E-state index contributed by atoms with van der Waals surface area (Å²) in [6, 6.07) is 7.20. The molecule has 1 fully saturated rings. The summed E-state index contributed by atoms with van der Waals surface area (Å²) in [7, 11) is 1.95. The van der Waals surface area contributed by atoms with Gasteiger partial charge in [0.1, 0.15) is 18.0 Å². The van der Waals surface area contributed by atoms with E-state index in [1.165, 1.54) is 12.4 Å². The average molecular weight is 359 g/mol. The number of hydrogen-bond acceptors (Lipinski definition) is 6. The minimum atomic E-state index is -0.509. The van der Waals surface area contributed by atoms with E-state index >= 15 is 0 Å². The van der Waals surface area contributed by atoms with Gasteiger partial charge in [-0.05, 0) is 25.2 Å². The van der Waals surface area contributed by atoms with Crippen LogP contribution in [0.2, 0.25) is 5.02 Å². The molecule has 25 heavy (non-hydrogen) atoms. The second-order valence-corrected chi connectivity index (χ2v) is 6.31. The zero-order chi connectivity index (χ0) is 17.4. The molecule has 128 valence electrons. The summed E-state index contributed by atoms with van der Waals surface area (Å²) in [4.78, 5) is 15.1. The summed E-state index contributed by atoms with van der Waals surface area (Å²) in [5, 5.41) is 7.08. The maximum Gasteiger partial charge on any atom is 0.165 e. The first-order valence-corrected chi connectivity index (χ1v) is 8.27. The van der Waals surface area contributed by atoms with Crippen molar-refractivity contribution in [2.45, 2.75) is 6.04 Å². The first-order chi connectivity index (χ1) is 12.2.